The van der Waals surface area contributed by atoms with Gasteiger partial charge in [-0.3, -0.25) is 4.40 Å². The number of hydrogen-bond donors (Lipinski definition) is 1. The van der Waals surface area contributed by atoms with Crippen LogP contribution in [0.1, 0.15) is 11.3 Å². The van der Waals surface area contributed by atoms with Crippen LogP contribution in [0.3, 0.4) is 0 Å². The first-order valence-corrected chi connectivity index (χ1v) is 7.59. The third-order valence-electron chi connectivity index (χ3n) is 3.85. The number of fused-ring (bicyclic) bond motifs is 2. The molecule has 0 fully saturated rings. The Labute approximate surface area is 125 Å². The molecule has 1 aromatic carbocycles. The maximum Gasteiger partial charge on any atom is 0.326 e. The highest BCUT2D eigenvalue weighted by molar-refractivity contribution is 7.15. The summed E-state index contributed by atoms with van der Waals surface area (Å²) in [7, 11) is 0. The van der Waals surface area contributed by atoms with Crippen molar-refractivity contribution in [2.45, 2.75) is 19.0 Å². The number of aromatic nitrogens is 2. The molecule has 0 spiro atoms. The highest BCUT2D eigenvalue weighted by Gasteiger charge is 2.34. The molecule has 1 aliphatic heterocycles. The zero-order valence-corrected chi connectivity index (χ0v) is 12.0. The number of rotatable bonds is 3. The lowest BCUT2D eigenvalue weighted by Gasteiger charge is -2.23. The van der Waals surface area contributed by atoms with E-state index in [0.717, 1.165) is 21.9 Å². The van der Waals surface area contributed by atoms with E-state index in [9.17, 15) is 9.90 Å². The molecule has 4 rings (SSSR count). The van der Waals surface area contributed by atoms with E-state index in [2.05, 4.69) is 4.98 Å². The van der Waals surface area contributed by atoms with E-state index >= 15 is 0 Å². The van der Waals surface area contributed by atoms with Crippen molar-refractivity contribution in [3.8, 4) is 0 Å². The summed E-state index contributed by atoms with van der Waals surface area (Å²) in [5, 5.41) is 11.5. The lowest BCUT2D eigenvalue weighted by atomic mass is 10.1. The molecule has 0 radical (unpaired) electrons. The molecular formula is C15H13N3O2S. The minimum atomic E-state index is -0.785. The molecule has 0 saturated carbocycles. The van der Waals surface area contributed by atoms with Gasteiger partial charge in [-0.05, 0) is 11.6 Å². The van der Waals surface area contributed by atoms with Gasteiger partial charge in [0.15, 0.2) is 4.96 Å². The number of nitrogens with zero attached hydrogens (tertiary/aromatic N) is 3. The minimum absolute atomic E-state index is 0.512. The van der Waals surface area contributed by atoms with Crippen LogP contribution in [0.5, 0.6) is 0 Å². The van der Waals surface area contributed by atoms with Gasteiger partial charge >= 0.3 is 5.97 Å². The Kier molecular flexibility index (Phi) is 2.71. The summed E-state index contributed by atoms with van der Waals surface area (Å²) in [6.07, 6.45) is 4.47. The Morgan fingerprint density at radius 2 is 2.29 bits per heavy atom. The zero-order chi connectivity index (χ0) is 14.4. The van der Waals surface area contributed by atoms with Crippen molar-refractivity contribution in [3.05, 3.63) is 53.3 Å². The molecule has 0 bridgehead atoms. The van der Waals surface area contributed by atoms with Crippen LogP contribution in [-0.2, 0) is 17.8 Å². The number of anilines is 1. The summed E-state index contributed by atoms with van der Waals surface area (Å²) in [6.45, 7) is 0.516. The van der Waals surface area contributed by atoms with E-state index in [-0.39, 0.29) is 0 Å². The first-order valence-electron chi connectivity index (χ1n) is 6.71. The van der Waals surface area contributed by atoms with Crippen LogP contribution in [0.2, 0.25) is 0 Å². The third kappa shape index (κ3) is 1.99. The number of benzene rings is 1. The number of thiazole rings is 1. The molecule has 2 aromatic heterocycles. The molecule has 21 heavy (non-hydrogen) atoms. The Balaban J connectivity index is 1.70. The smallest absolute Gasteiger partial charge is 0.326 e. The Morgan fingerprint density at radius 3 is 3.10 bits per heavy atom. The van der Waals surface area contributed by atoms with Crippen molar-refractivity contribution in [2.75, 3.05) is 4.90 Å². The summed E-state index contributed by atoms with van der Waals surface area (Å²) in [6, 6.07) is 7.37. The average molecular weight is 299 g/mol. The average Bonchev–Trinajstić information content (AvgIpc) is 3.12. The van der Waals surface area contributed by atoms with Gasteiger partial charge in [0, 0.05) is 29.9 Å². The van der Waals surface area contributed by atoms with Crippen LogP contribution in [0.4, 0.5) is 5.69 Å². The third-order valence-corrected chi connectivity index (χ3v) is 4.62. The standard InChI is InChI=1S/C15H13N3O2S/c19-14(20)13-7-10-3-1-2-4-12(10)18(13)9-11-8-17-5-6-21-15(17)16-11/h1-6,8,13H,7,9H2,(H,19,20). The number of aliphatic carboxylic acids is 1. The highest BCUT2D eigenvalue weighted by Crippen LogP contribution is 2.33. The topological polar surface area (TPSA) is 57.8 Å². The van der Waals surface area contributed by atoms with Gasteiger partial charge in [0.1, 0.15) is 6.04 Å². The van der Waals surface area contributed by atoms with Crippen LogP contribution in [0.15, 0.2) is 42.0 Å². The second kappa shape index (κ2) is 4.60. The first kappa shape index (κ1) is 12.4. The molecule has 106 valence electrons. The molecule has 0 aliphatic carbocycles. The lowest BCUT2D eigenvalue weighted by molar-refractivity contribution is -0.138. The van der Waals surface area contributed by atoms with Gasteiger partial charge in [0.25, 0.3) is 0 Å². The molecule has 0 amide bonds. The van der Waals surface area contributed by atoms with Crippen LogP contribution in [-0.4, -0.2) is 26.5 Å². The lowest BCUT2D eigenvalue weighted by Crippen LogP contribution is -2.38. The van der Waals surface area contributed by atoms with Crippen molar-refractivity contribution in [2.24, 2.45) is 0 Å². The number of para-hydroxylation sites is 1. The van der Waals surface area contributed by atoms with Gasteiger partial charge in [-0.2, -0.15) is 0 Å². The maximum atomic E-state index is 11.5. The molecule has 1 unspecified atom stereocenters. The van der Waals surface area contributed by atoms with Crippen LogP contribution < -0.4 is 4.90 Å². The summed E-state index contributed by atoms with van der Waals surface area (Å²) in [4.78, 5) is 18.9. The summed E-state index contributed by atoms with van der Waals surface area (Å²) in [5.74, 6) is -0.785. The molecule has 1 aliphatic rings. The number of imidazole rings is 1. The number of carbonyl (C=O) groups is 1. The molecular weight excluding hydrogens is 286 g/mol. The van der Waals surface area contributed by atoms with Crippen LogP contribution in [0.25, 0.3) is 4.96 Å². The van der Waals surface area contributed by atoms with Gasteiger partial charge in [0.2, 0.25) is 0 Å². The molecule has 6 heteroatoms. The summed E-state index contributed by atoms with van der Waals surface area (Å²) < 4.78 is 1.97. The SMILES string of the molecule is O=C(O)C1Cc2ccccc2N1Cc1cn2ccsc2n1. The summed E-state index contributed by atoms with van der Waals surface area (Å²) in [5.41, 5.74) is 2.98. The fourth-order valence-electron chi connectivity index (χ4n) is 2.89. The molecule has 0 saturated heterocycles. The van der Waals surface area contributed by atoms with E-state index in [4.69, 9.17) is 0 Å². The monoisotopic (exact) mass is 299 g/mol. The number of carboxylic acid groups (broad SMARTS) is 1. The van der Waals surface area contributed by atoms with Crippen molar-refractivity contribution in [3.63, 3.8) is 0 Å². The predicted molar refractivity (Wildman–Crippen MR) is 80.8 cm³/mol. The molecule has 3 aromatic rings. The first-order chi connectivity index (χ1) is 10.2. The zero-order valence-electron chi connectivity index (χ0n) is 11.1. The van der Waals surface area contributed by atoms with E-state index in [1.54, 1.807) is 11.3 Å². The second-order valence-electron chi connectivity index (χ2n) is 5.14. The van der Waals surface area contributed by atoms with E-state index in [1.165, 1.54) is 0 Å². The van der Waals surface area contributed by atoms with Crippen molar-refractivity contribution in [1.82, 2.24) is 9.38 Å². The van der Waals surface area contributed by atoms with E-state index in [1.807, 2.05) is 51.3 Å². The van der Waals surface area contributed by atoms with Crippen molar-refractivity contribution in [1.29, 1.82) is 0 Å². The Morgan fingerprint density at radius 1 is 1.43 bits per heavy atom. The quantitative estimate of drug-likeness (QED) is 0.807. The predicted octanol–water partition coefficient (Wildman–Crippen LogP) is 2.41. The molecule has 1 N–H and O–H groups in total. The van der Waals surface area contributed by atoms with E-state index < -0.39 is 12.0 Å². The Bertz CT molecular complexity index is 795. The number of carboxylic acids is 1. The molecule has 1 atom stereocenters. The summed E-state index contributed by atoms with van der Waals surface area (Å²) >= 11 is 1.58. The second-order valence-corrected chi connectivity index (χ2v) is 6.01. The molecule has 3 heterocycles. The normalized spacial score (nSPS) is 17.3. The van der Waals surface area contributed by atoms with Gasteiger partial charge in [0.05, 0.1) is 12.2 Å². The van der Waals surface area contributed by atoms with Gasteiger partial charge in [-0.15, -0.1) is 11.3 Å². The maximum absolute atomic E-state index is 11.5. The Hall–Kier alpha value is -2.34. The van der Waals surface area contributed by atoms with E-state index in [0.29, 0.717) is 13.0 Å². The number of hydrogen-bond acceptors (Lipinski definition) is 4. The van der Waals surface area contributed by atoms with Gasteiger partial charge in [-0.1, -0.05) is 18.2 Å². The van der Waals surface area contributed by atoms with Crippen LogP contribution in [0, 0.1) is 0 Å². The van der Waals surface area contributed by atoms with Gasteiger partial charge in [-0.25, -0.2) is 9.78 Å². The minimum Gasteiger partial charge on any atom is -0.480 e. The fraction of sp³-hybridized carbons (Fsp3) is 0.200. The fourth-order valence-corrected chi connectivity index (χ4v) is 3.61. The van der Waals surface area contributed by atoms with Crippen molar-refractivity contribution < 1.29 is 9.90 Å². The molecule has 5 nitrogen and oxygen atoms in total. The largest absolute Gasteiger partial charge is 0.480 e. The highest BCUT2D eigenvalue weighted by atomic mass is 32.1. The van der Waals surface area contributed by atoms with Crippen molar-refractivity contribution >= 4 is 28.0 Å². The van der Waals surface area contributed by atoms with Gasteiger partial charge < -0.3 is 10.0 Å². The van der Waals surface area contributed by atoms with Crippen LogP contribution >= 0.6 is 11.3 Å².